The van der Waals surface area contributed by atoms with Crippen LogP contribution in [0.1, 0.15) is 35.7 Å². The van der Waals surface area contributed by atoms with Crippen LogP contribution in [0, 0.1) is 6.92 Å². The van der Waals surface area contributed by atoms with Gasteiger partial charge in [0.2, 0.25) is 15.9 Å². The maximum Gasteiger partial charge on any atom is 0.241 e. The Morgan fingerprint density at radius 3 is 3.00 bits per heavy atom. The van der Waals surface area contributed by atoms with Gasteiger partial charge in [0.25, 0.3) is 0 Å². The summed E-state index contributed by atoms with van der Waals surface area (Å²) < 4.78 is 27.3. The Kier molecular flexibility index (Phi) is 4.24. The van der Waals surface area contributed by atoms with Crippen molar-refractivity contribution in [3.05, 3.63) is 53.6 Å². The number of carbonyl (C=O) groups is 1. The van der Waals surface area contributed by atoms with Gasteiger partial charge in [-0.1, -0.05) is 12.1 Å². The number of nitrogens with one attached hydrogen (secondary N) is 1. The highest BCUT2D eigenvalue weighted by atomic mass is 32.2. The number of nitrogens with zero attached hydrogens (tertiary/aromatic N) is 3. The van der Waals surface area contributed by atoms with Crippen LogP contribution in [0.5, 0.6) is 0 Å². The summed E-state index contributed by atoms with van der Waals surface area (Å²) in [5, 5.41) is 0. The van der Waals surface area contributed by atoms with E-state index in [1.54, 1.807) is 18.3 Å². The molecule has 1 fully saturated rings. The number of sulfonamides is 1. The maximum absolute atomic E-state index is 12.8. The van der Waals surface area contributed by atoms with Gasteiger partial charge in [-0.3, -0.25) is 4.79 Å². The molecule has 4 rings (SSSR count). The number of hydrogen-bond acceptors (Lipinski definition) is 5. The van der Waals surface area contributed by atoms with Crippen LogP contribution in [0.15, 0.2) is 41.7 Å². The molecule has 136 valence electrons. The fourth-order valence-electron chi connectivity index (χ4n) is 3.92. The summed E-state index contributed by atoms with van der Waals surface area (Å²) in [5.74, 6) is -0.205. The predicted octanol–water partition coefficient (Wildman–Crippen LogP) is 1.35. The summed E-state index contributed by atoms with van der Waals surface area (Å²) in [4.78, 5) is 23.2. The topological polar surface area (TPSA) is 92.3 Å². The molecule has 0 spiro atoms. The van der Waals surface area contributed by atoms with Crippen molar-refractivity contribution in [2.24, 2.45) is 0 Å². The van der Waals surface area contributed by atoms with E-state index in [1.807, 2.05) is 17.9 Å². The van der Waals surface area contributed by atoms with Gasteiger partial charge in [0.15, 0.2) is 0 Å². The molecule has 1 amide bonds. The van der Waals surface area contributed by atoms with Crippen LogP contribution in [0.25, 0.3) is 0 Å². The number of carbonyl (C=O) groups excluding carboxylic acids is 1. The average Bonchev–Trinajstić information content (AvgIpc) is 2.95. The lowest BCUT2D eigenvalue weighted by Crippen LogP contribution is -2.46. The second kappa shape index (κ2) is 6.44. The van der Waals surface area contributed by atoms with Crippen molar-refractivity contribution < 1.29 is 13.2 Å². The largest absolute Gasteiger partial charge is 0.331 e. The maximum atomic E-state index is 12.8. The van der Waals surface area contributed by atoms with Crippen LogP contribution in [-0.2, 0) is 21.2 Å². The number of aryl methyl sites for hydroxylation is 1. The van der Waals surface area contributed by atoms with Crippen molar-refractivity contribution in [2.75, 3.05) is 6.54 Å². The number of aromatic nitrogens is 2. The normalized spacial score (nSPS) is 21.5. The highest BCUT2D eigenvalue weighted by molar-refractivity contribution is 7.89. The van der Waals surface area contributed by atoms with Gasteiger partial charge in [0.05, 0.1) is 23.2 Å². The zero-order valence-electron chi connectivity index (χ0n) is 14.4. The smallest absolute Gasteiger partial charge is 0.241 e. The first-order chi connectivity index (χ1) is 12.5. The molecule has 2 atom stereocenters. The summed E-state index contributed by atoms with van der Waals surface area (Å²) in [5.41, 5.74) is 2.83. The second-order valence-electron chi connectivity index (χ2n) is 6.82. The Morgan fingerprint density at radius 2 is 2.19 bits per heavy atom. The quantitative estimate of drug-likeness (QED) is 0.875. The molecule has 0 aliphatic carbocycles. The Balaban J connectivity index is 1.50. The van der Waals surface area contributed by atoms with Crippen LogP contribution in [-0.4, -0.2) is 41.8 Å². The molecule has 3 heterocycles. The Labute approximate surface area is 152 Å². The van der Waals surface area contributed by atoms with Crippen molar-refractivity contribution in [3.8, 4) is 0 Å². The molecule has 2 aliphatic heterocycles. The zero-order chi connectivity index (χ0) is 18.3. The summed E-state index contributed by atoms with van der Waals surface area (Å²) in [7, 11) is -3.71. The third kappa shape index (κ3) is 2.99. The van der Waals surface area contributed by atoms with Gasteiger partial charge < -0.3 is 4.90 Å². The van der Waals surface area contributed by atoms with E-state index >= 15 is 0 Å². The number of hydrogen-bond donors (Lipinski definition) is 1. The summed E-state index contributed by atoms with van der Waals surface area (Å²) >= 11 is 0. The highest BCUT2D eigenvalue weighted by Gasteiger charge is 2.43. The van der Waals surface area contributed by atoms with E-state index in [0.717, 1.165) is 29.7 Å². The van der Waals surface area contributed by atoms with Crippen molar-refractivity contribution in [1.29, 1.82) is 0 Å². The van der Waals surface area contributed by atoms with Crippen LogP contribution in [0.4, 0.5) is 0 Å². The second-order valence-corrected chi connectivity index (χ2v) is 8.58. The average molecular weight is 372 g/mol. The van der Waals surface area contributed by atoms with Crippen LogP contribution < -0.4 is 4.72 Å². The summed E-state index contributed by atoms with van der Waals surface area (Å²) in [6.07, 6.45) is 5.76. The van der Waals surface area contributed by atoms with Crippen LogP contribution in [0.2, 0.25) is 0 Å². The molecule has 1 N–H and O–H groups in total. The van der Waals surface area contributed by atoms with Crippen molar-refractivity contribution in [1.82, 2.24) is 19.6 Å². The van der Waals surface area contributed by atoms with Gasteiger partial charge in [-0.05, 0) is 37.5 Å². The molecule has 0 radical (unpaired) electrons. The van der Waals surface area contributed by atoms with Crippen molar-refractivity contribution >= 4 is 15.9 Å². The number of amides is 1. The van der Waals surface area contributed by atoms with Gasteiger partial charge in [-0.25, -0.2) is 23.1 Å². The monoisotopic (exact) mass is 372 g/mol. The molecule has 1 aromatic carbocycles. The lowest BCUT2D eigenvalue weighted by molar-refractivity contribution is -0.133. The molecule has 2 aromatic rings. The van der Waals surface area contributed by atoms with E-state index in [9.17, 15) is 13.2 Å². The van der Waals surface area contributed by atoms with Gasteiger partial charge in [-0.15, -0.1) is 0 Å². The Bertz CT molecular complexity index is 960. The molecule has 2 unspecified atom stereocenters. The molecule has 0 saturated carbocycles. The first-order valence-corrected chi connectivity index (χ1v) is 10.1. The Hall–Kier alpha value is -2.32. The minimum Gasteiger partial charge on any atom is -0.331 e. The number of benzene rings is 1. The molecule has 1 saturated heterocycles. The van der Waals surface area contributed by atoms with Crippen molar-refractivity contribution in [2.45, 2.75) is 43.2 Å². The van der Waals surface area contributed by atoms with Crippen LogP contribution >= 0.6 is 0 Å². The lowest BCUT2D eigenvalue weighted by Gasteiger charge is -2.35. The standard InChI is InChI=1S/C18H20N4O3S/c1-12-3-2-4-14(7-12)26(24,25)21-10-18(23)22-13-5-6-17(22)15-9-19-11-20-16(15)8-13/h2-4,7,9,11,13,17,21H,5-6,8,10H2,1H3. The molecular formula is C18H20N4O3S. The van der Waals surface area contributed by atoms with Crippen molar-refractivity contribution in [3.63, 3.8) is 0 Å². The zero-order valence-corrected chi connectivity index (χ0v) is 15.2. The molecule has 7 nitrogen and oxygen atoms in total. The van der Waals surface area contributed by atoms with Gasteiger partial charge in [0.1, 0.15) is 6.33 Å². The van der Waals surface area contributed by atoms with E-state index in [2.05, 4.69) is 14.7 Å². The SMILES string of the molecule is Cc1cccc(S(=O)(=O)NCC(=O)N2C3CCC2c2cncnc2C3)c1. The fraction of sp³-hybridized carbons (Fsp3) is 0.389. The lowest BCUT2D eigenvalue weighted by atomic mass is 9.99. The third-order valence-corrected chi connectivity index (χ3v) is 6.52. The summed E-state index contributed by atoms with van der Waals surface area (Å²) in [6.45, 7) is 1.58. The van der Waals surface area contributed by atoms with Gasteiger partial charge in [-0.2, -0.15) is 0 Å². The predicted molar refractivity (Wildman–Crippen MR) is 94.7 cm³/mol. The molecule has 1 aromatic heterocycles. The molecule has 26 heavy (non-hydrogen) atoms. The minimum absolute atomic E-state index is 0.0547. The Morgan fingerprint density at radius 1 is 1.35 bits per heavy atom. The first kappa shape index (κ1) is 17.1. The molecule has 2 bridgehead atoms. The number of fused-ring (bicyclic) bond motifs is 4. The first-order valence-electron chi connectivity index (χ1n) is 8.62. The fourth-order valence-corrected chi connectivity index (χ4v) is 5.00. The van der Waals surface area contributed by atoms with E-state index < -0.39 is 10.0 Å². The van der Waals surface area contributed by atoms with E-state index in [4.69, 9.17) is 0 Å². The third-order valence-electron chi connectivity index (χ3n) is 5.12. The molecule has 8 heteroatoms. The molecular weight excluding hydrogens is 352 g/mol. The van der Waals surface area contributed by atoms with Crippen LogP contribution in [0.3, 0.4) is 0 Å². The highest BCUT2D eigenvalue weighted by Crippen LogP contribution is 2.42. The van der Waals surface area contributed by atoms with E-state index in [1.165, 1.54) is 12.4 Å². The van der Waals surface area contributed by atoms with E-state index in [0.29, 0.717) is 6.42 Å². The molecule has 2 aliphatic rings. The van der Waals surface area contributed by atoms with Gasteiger partial charge >= 0.3 is 0 Å². The summed E-state index contributed by atoms with van der Waals surface area (Å²) in [6, 6.07) is 6.66. The van der Waals surface area contributed by atoms with E-state index in [-0.39, 0.29) is 29.4 Å². The van der Waals surface area contributed by atoms with Gasteiger partial charge in [0, 0.05) is 24.2 Å². The minimum atomic E-state index is -3.71. The number of rotatable bonds is 4.